The Morgan fingerprint density at radius 2 is 2.12 bits per heavy atom. The van der Waals surface area contributed by atoms with Crippen molar-refractivity contribution in [2.24, 2.45) is 0 Å². The first-order valence-electron chi connectivity index (χ1n) is 5.22. The Morgan fingerprint density at radius 1 is 1.35 bits per heavy atom. The van der Waals surface area contributed by atoms with E-state index >= 15 is 0 Å². The summed E-state index contributed by atoms with van der Waals surface area (Å²) in [7, 11) is 0. The smallest absolute Gasteiger partial charge is 0.335 e. The molecule has 3 nitrogen and oxygen atoms in total. The van der Waals surface area contributed by atoms with E-state index in [1.165, 1.54) is 6.07 Å². The predicted molar refractivity (Wildman–Crippen MR) is 66.6 cm³/mol. The Morgan fingerprint density at radius 3 is 2.82 bits per heavy atom. The number of ether oxygens (including phenoxy) is 1. The lowest BCUT2D eigenvalue weighted by Gasteiger charge is -2.09. The van der Waals surface area contributed by atoms with Gasteiger partial charge in [0, 0.05) is 5.39 Å². The molecule has 0 saturated carbocycles. The zero-order valence-corrected chi connectivity index (χ0v) is 9.22. The van der Waals surface area contributed by atoms with Crippen molar-refractivity contribution in [1.29, 1.82) is 0 Å². The maximum absolute atomic E-state index is 11.0. The van der Waals surface area contributed by atoms with Crippen LogP contribution >= 0.6 is 0 Å². The average Bonchev–Trinajstić information content (AvgIpc) is 2.35. The van der Waals surface area contributed by atoms with Gasteiger partial charge in [-0.2, -0.15) is 0 Å². The Balaban J connectivity index is 2.60. The average molecular weight is 228 g/mol. The fraction of sp³-hybridized carbons (Fsp3) is 0.0714. The van der Waals surface area contributed by atoms with E-state index in [1.807, 2.05) is 24.3 Å². The number of fused-ring (bicyclic) bond motifs is 1. The number of hydrogen-bond donors (Lipinski definition) is 1. The van der Waals surface area contributed by atoms with Crippen LogP contribution in [-0.4, -0.2) is 17.7 Å². The van der Waals surface area contributed by atoms with E-state index in [2.05, 4.69) is 6.58 Å². The summed E-state index contributed by atoms with van der Waals surface area (Å²) in [6, 6.07) is 10.7. The largest absolute Gasteiger partial charge is 0.489 e. The van der Waals surface area contributed by atoms with E-state index in [-0.39, 0.29) is 5.56 Å². The van der Waals surface area contributed by atoms with Crippen LogP contribution in [-0.2, 0) is 0 Å². The quantitative estimate of drug-likeness (QED) is 0.818. The summed E-state index contributed by atoms with van der Waals surface area (Å²) in [6.07, 6.45) is 1.63. The van der Waals surface area contributed by atoms with Gasteiger partial charge in [-0.3, -0.25) is 0 Å². The first kappa shape index (κ1) is 11.2. The van der Waals surface area contributed by atoms with Gasteiger partial charge in [0.25, 0.3) is 0 Å². The standard InChI is InChI=1S/C14H12O3/c1-2-7-17-13-9-11(14(15)16)8-10-5-3-4-6-12(10)13/h2-6,8-9H,1,7H2,(H,15,16). The Kier molecular flexibility index (Phi) is 3.10. The molecular formula is C14H12O3. The molecule has 3 heteroatoms. The molecule has 2 aromatic rings. The fourth-order valence-corrected chi connectivity index (χ4v) is 1.67. The molecule has 0 bridgehead atoms. The van der Waals surface area contributed by atoms with Crippen LogP contribution in [0.25, 0.3) is 10.8 Å². The van der Waals surface area contributed by atoms with Crippen LogP contribution in [0.5, 0.6) is 5.75 Å². The topological polar surface area (TPSA) is 46.5 Å². The molecule has 2 aromatic carbocycles. The third-order valence-electron chi connectivity index (χ3n) is 2.43. The molecule has 86 valence electrons. The Hall–Kier alpha value is -2.29. The van der Waals surface area contributed by atoms with E-state index in [9.17, 15) is 4.79 Å². The maximum Gasteiger partial charge on any atom is 0.335 e. The van der Waals surface area contributed by atoms with Crippen LogP contribution in [0.1, 0.15) is 10.4 Å². The second kappa shape index (κ2) is 4.70. The first-order valence-corrected chi connectivity index (χ1v) is 5.22. The van der Waals surface area contributed by atoms with Gasteiger partial charge in [0.05, 0.1) is 5.56 Å². The molecule has 1 N–H and O–H groups in total. The molecule has 0 unspecified atom stereocenters. The Labute approximate surface area is 99.0 Å². The molecule has 0 aliphatic heterocycles. The van der Waals surface area contributed by atoms with Crippen LogP contribution in [0.3, 0.4) is 0 Å². The number of carbonyl (C=O) groups is 1. The second-order valence-corrected chi connectivity index (χ2v) is 3.60. The van der Waals surface area contributed by atoms with E-state index in [0.29, 0.717) is 12.4 Å². The van der Waals surface area contributed by atoms with Crippen LogP contribution in [0.4, 0.5) is 0 Å². The number of carboxylic acid groups (broad SMARTS) is 1. The zero-order chi connectivity index (χ0) is 12.3. The molecule has 0 aliphatic rings. The van der Waals surface area contributed by atoms with Crippen molar-refractivity contribution in [1.82, 2.24) is 0 Å². The van der Waals surface area contributed by atoms with E-state index < -0.39 is 5.97 Å². The van der Waals surface area contributed by atoms with Gasteiger partial charge in [-0.05, 0) is 17.5 Å². The van der Waals surface area contributed by atoms with Crippen LogP contribution in [0.15, 0.2) is 49.1 Å². The van der Waals surface area contributed by atoms with Crippen molar-refractivity contribution in [3.8, 4) is 5.75 Å². The molecule has 2 rings (SSSR count). The van der Waals surface area contributed by atoms with Gasteiger partial charge in [0.15, 0.2) is 0 Å². The van der Waals surface area contributed by atoms with Gasteiger partial charge in [0.1, 0.15) is 12.4 Å². The molecule has 0 radical (unpaired) electrons. The number of benzene rings is 2. The minimum Gasteiger partial charge on any atom is -0.489 e. The van der Waals surface area contributed by atoms with Gasteiger partial charge in [0.2, 0.25) is 0 Å². The van der Waals surface area contributed by atoms with Gasteiger partial charge in [-0.1, -0.05) is 36.9 Å². The summed E-state index contributed by atoms with van der Waals surface area (Å²) in [6.45, 7) is 3.93. The van der Waals surface area contributed by atoms with Crippen molar-refractivity contribution in [2.45, 2.75) is 0 Å². The van der Waals surface area contributed by atoms with E-state index in [4.69, 9.17) is 9.84 Å². The van der Waals surface area contributed by atoms with E-state index in [1.54, 1.807) is 12.1 Å². The highest BCUT2D eigenvalue weighted by molar-refractivity contribution is 5.97. The molecule has 0 heterocycles. The van der Waals surface area contributed by atoms with Crippen LogP contribution < -0.4 is 4.74 Å². The molecular weight excluding hydrogens is 216 g/mol. The van der Waals surface area contributed by atoms with Crippen molar-refractivity contribution >= 4 is 16.7 Å². The van der Waals surface area contributed by atoms with Crippen molar-refractivity contribution in [3.05, 3.63) is 54.6 Å². The fourth-order valence-electron chi connectivity index (χ4n) is 1.67. The van der Waals surface area contributed by atoms with Gasteiger partial charge in [-0.15, -0.1) is 0 Å². The molecule has 0 aliphatic carbocycles. The second-order valence-electron chi connectivity index (χ2n) is 3.60. The third kappa shape index (κ3) is 2.28. The van der Waals surface area contributed by atoms with Crippen molar-refractivity contribution in [2.75, 3.05) is 6.61 Å². The molecule has 0 fully saturated rings. The molecule has 0 saturated heterocycles. The predicted octanol–water partition coefficient (Wildman–Crippen LogP) is 3.10. The SMILES string of the molecule is C=CCOc1cc(C(=O)O)cc2ccccc12. The van der Waals surface area contributed by atoms with Crippen molar-refractivity contribution in [3.63, 3.8) is 0 Å². The van der Waals surface area contributed by atoms with Crippen molar-refractivity contribution < 1.29 is 14.6 Å². The highest BCUT2D eigenvalue weighted by Crippen LogP contribution is 2.27. The third-order valence-corrected chi connectivity index (χ3v) is 2.43. The molecule has 17 heavy (non-hydrogen) atoms. The molecule has 0 amide bonds. The molecule has 0 atom stereocenters. The van der Waals surface area contributed by atoms with Gasteiger partial charge >= 0.3 is 5.97 Å². The van der Waals surface area contributed by atoms with Crippen LogP contribution in [0.2, 0.25) is 0 Å². The maximum atomic E-state index is 11.0. The number of aromatic carboxylic acids is 1. The monoisotopic (exact) mass is 228 g/mol. The molecule has 0 aromatic heterocycles. The molecule has 0 spiro atoms. The van der Waals surface area contributed by atoms with Gasteiger partial charge < -0.3 is 9.84 Å². The summed E-state index contributed by atoms with van der Waals surface area (Å²) in [5.41, 5.74) is 0.225. The van der Waals surface area contributed by atoms with Gasteiger partial charge in [-0.25, -0.2) is 4.79 Å². The highest BCUT2D eigenvalue weighted by atomic mass is 16.5. The lowest BCUT2D eigenvalue weighted by molar-refractivity contribution is 0.0696. The number of carboxylic acids is 1. The minimum atomic E-state index is -0.959. The van der Waals surface area contributed by atoms with Crippen LogP contribution in [0, 0.1) is 0 Å². The highest BCUT2D eigenvalue weighted by Gasteiger charge is 2.09. The number of hydrogen-bond acceptors (Lipinski definition) is 2. The zero-order valence-electron chi connectivity index (χ0n) is 9.22. The number of rotatable bonds is 4. The van der Waals surface area contributed by atoms with E-state index in [0.717, 1.165) is 10.8 Å². The summed E-state index contributed by atoms with van der Waals surface area (Å²) in [5, 5.41) is 10.8. The Bertz CT molecular complexity index is 573. The summed E-state index contributed by atoms with van der Waals surface area (Å²) >= 11 is 0. The summed E-state index contributed by atoms with van der Waals surface area (Å²) in [4.78, 5) is 11.0. The lowest BCUT2D eigenvalue weighted by Crippen LogP contribution is -1.99. The lowest BCUT2D eigenvalue weighted by atomic mass is 10.1. The minimum absolute atomic E-state index is 0.225. The first-order chi connectivity index (χ1) is 8.22. The summed E-state index contributed by atoms with van der Waals surface area (Å²) < 4.78 is 5.48. The normalized spacial score (nSPS) is 10.1. The summed E-state index contributed by atoms with van der Waals surface area (Å²) in [5.74, 6) is -0.389.